The fraction of sp³-hybridized carbons (Fsp3) is 0.167. The molecular formula is C12H10BrIO2. The van der Waals surface area contributed by atoms with Crippen LogP contribution in [0.4, 0.5) is 0 Å². The second kappa shape index (κ2) is 5.33. The molecule has 2 aromatic rings. The maximum absolute atomic E-state index is 5.52. The van der Waals surface area contributed by atoms with E-state index in [0.29, 0.717) is 0 Å². The minimum Gasteiger partial charge on any atom is -0.466 e. The molecule has 0 fully saturated rings. The van der Waals surface area contributed by atoms with Gasteiger partial charge in [-0.15, -0.1) is 0 Å². The molecule has 0 bridgehead atoms. The fourth-order valence-electron chi connectivity index (χ4n) is 1.50. The number of fused-ring (bicyclic) bond motifs is 1. The molecule has 0 saturated heterocycles. The Labute approximate surface area is 116 Å². The topological polar surface area (TPSA) is 18.5 Å². The number of rotatable bonds is 3. The highest BCUT2D eigenvalue weighted by atomic mass is 127. The van der Waals surface area contributed by atoms with Gasteiger partial charge in [0.2, 0.25) is 0 Å². The lowest BCUT2D eigenvalue weighted by atomic mass is 10.1. The van der Waals surface area contributed by atoms with Gasteiger partial charge in [0.05, 0.1) is 3.57 Å². The molecule has 0 N–H and O–H groups in total. The van der Waals surface area contributed by atoms with Gasteiger partial charge in [0.25, 0.3) is 0 Å². The molecule has 2 aromatic carbocycles. The van der Waals surface area contributed by atoms with E-state index in [0.717, 1.165) is 13.8 Å². The number of halogens is 2. The zero-order valence-electron chi connectivity index (χ0n) is 8.67. The van der Waals surface area contributed by atoms with Gasteiger partial charge < -0.3 is 9.47 Å². The Morgan fingerprint density at radius 3 is 2.62 bits per heavy atom. The quantitative estimate of drug-likeness (QED) is 0.576. The van der Waals surface area contributed by atoms with Crippen LogP contribution >= 0.6 is 38.5 Å². The predicted molar refractivity (Wildman–Crippen MR) is 76.9 cm³/mol. The van der Waals surface area contributed by atoms with Crippen LogP contribution in [0, 0.1) is 3.57 Å². The van der Waals surface area contributed by atoms with Gasteiger partial charge >= 0.3 is 0 Å². The van der Waals surface area contributed by atoms with E-state index in [1.807, 2.05) is 18.2 Å². The highest BCUT2D eigenvalue weighted by Gasteiger charge is 2.09. The molecule has 0 spiro atoms. The largest absolute Gasteiger partial charge is 0.466 e. The summed E-state index contributed by atoms with van der Waals surface area (Å²) in [5, 5.41) is 2.38. The van der Waals surface area contributed by atoms with Crippen molar-refractivity contribution in [3.05, 3.63) is 38.4 Å². The first-order valence-corrected chi connectivity index (χ1v) is 6.59. The summed E-state index contributed by atoms with van der Waals surface area (Å²) in [5.41, 5.74) is 0. The van der Waals surface area contributed by atoms with E-state index in [2.05, 4.69) is 50.7 Å². The van der Waals surface area contributed by atoms with Crippen LogP contribution in [0.3, 0.4) is 0 Å². The van der Waals surface area contributed by atoms with Gasteiger partial charge in [-0.25, -0.2) is 0 Å². The van der Waals surface area contributed by atoms with Gasteiger partial charge in [0.15, 0.2) is 6.79 Å². The van der Waals surface area contributed by atoms with Crippen molar-refractivity contribution in [2.45, 2.75) is 0 Å². The Morgan fingerprint density at radius 2 is 1.94 bits per heavy atom. The summed E-state index contributed by atoms with van der Waals surface area (Å²) >= 11 is 5.84. The van der Waals surface area contributed by atoms with Gasteiger partial charge in [0, 0.05) is 11.6 Å². The average molecular weight is 393 g/mol. The monoisotopic (exact) mass is 392 g/mol. The number of ether oxygens (including phenoxy) is 2. The molecule has 84 valence electrons. The number of methoxy groups -OCH3 is 1. The summed E-state index contributed by atoms with van der Waals surface area (Å²) in [4.78, 5) is 0. The minimum absolute atomic E-state index is 0.265. The fourth-order valence-corrected chi connectivity index (χ4v) is 2.83. The molecule has 16 heavy (non-hydrogen) atoms. The summed E-state index contributed by atoms with van der Waals surface area (Å²) < 4.78 is 12.6. The van der Waals surface area contributed by atoms with Gasteiger partial charge in [-0.3, -0.25) is 0 Å². The standard InChI is InChI=1S/C12H10BrIO2/c1-15-7-16-11-6-10(13)8-4-2-3-5-9(8)12(11)14/h2-6H,7H2,1H3. The van der Waals surface area contributed by atoms with Crippen LogP contribution in [0.25, 0.3) is 10.8 Å². The van der Waals surface area contributed by atoms with Crippen LogP contribution in [0.2, 0.25) is 0 Å². The van der Waals surface area contributed by atoms with Crippen LogP contribution < -0.4 is 4.74 Å². The van der Waals surface area contributed by atoms with Gasteiger partial charge in [-0.05, 0) is 39.4 Å². The normalized spacial score (nSPS) is 10.7. The summed E-state index contributed by atoms with van der Waals surface area (Å²) in [6, 6.07) is 10.2. The Morgan fingerprint density at radius 1 is 1.25 bits per heavy atom. The molecule has 0 saturated carbocycles. The van der Waals surface area contributed by atoms with Gasteiger partial charge in [-0.1, -0.05) is 40.2 Å². The van der Waals surface area contributed by atoms with Crippen molar-refractivity contribution in [3.8, 4) is 5.75 Å². The summed E-state index contributed by atoms with van der Waals surface area (Å²) in [6.45, 7) is 0.265. The number of hydrogen-bond donors (Lipinski definition) is 0. The van der Waals surface area contributed by atoms with Crippen molar-refractivity contribution in [2.75, 3.05) is 13.9 Å². The van der Waals surface area contributed by atoms with E-state index in [-0.39, 0.29) is 6.79 Å². The number of benzene rings is 2. The summed E-state index contributed by atoms with van der Waals surface area (Å²) in [7, 11) is 1.61. The molecule has 4 heteroatoms. The lowest BCUT2D eigenvalue weighted by Gasteiger charge is -2.11. The molecule has 2 rings (SSSR count). The lowest BCUT2D eigenvalue weighted by molar-refractivity contribution is 0.0506. The molecule has 0 aliphatic rings. The van der Waals surface area contributed by atoms with Crippen molar-refractivity contribution < 1.29 is 9.47 Å². The molecule has 0 radical (unpaired) electrons. The first-order chi connectivity index (χ1) is 7.74. The van der Waals surface area contributed by atoms with Crippen molar-refractivity contribution in [1.29, 1.82) is 0 Å². The Kier molecular flexibility index (Phi) is 4.05. The van der Waals surface area contributed by atoms with Crippen LogP contribution in [0.5, 0.6) is 5.75 Å². The molecule has 2 nitrogen and oxygen atoms in total. The SMILES string of the molecule is COCOc1cc(Br)c2ccccc2c1I. The van der Waals surface area contributed by atoms with E-state index in [1.165, 1.54) is 10.8 Å². The lowest BCUT2D eigenvalue weighted by Crippen LogP contribution is -2.00. The van der Waals surface area contributed by atoms with E-state index < -0.39 is 0 Å². The third-order valence-corrected chi connectivity index (χ3v) is 4.00. The molecule has 0 amide bonds. The minimum atomic E-state index is 0.265. The van der Waals surface area contributed by atoms with E-state index >= 15 is 0 Å². The average Bonchev–Trinajstić information content (AvgIpc) is 2.32. The molecule has 0 aromatic heterocycles. The molecule has 0 atom stereocenters. The van der Waals surface area contributed by atoms with Crippen LogP contribution in [-0.4, -0.2) is 13.9 Å². The predicted octanol–water partition coefficient (Wildman–Crippen LogP) is 4.19. The molecular weight excluding hydrogens is 383 g/mol. The van der Waals surface area contributed by atoms with Gasteiger partial charge in [-0.2, -0.15) is 0 Å². The molecule has 0 unspecified atom stereocenters. The van der Waals surface area contributed by atoms with Crippen LogP contribution in [0.1, 0.15) is 0 Å². The van der Waals surface area contributed by atoms with Crippen molar-refractivity contribution in [2.24, 2.45) is 0 Å². The zero-order chi connectivity index (χ0) is 11.5. The third-order valence-electron chi connectivity index (χ3n) is 2.23. The van der Waals surface area contributed by atoms with Crippen molar-refractivity contribution in [3.63, 3.8) is 0 Å². The van der Waals surface area contributed by atoms with Crippen LogP contribution in [-0.2, 0) is 4.74 Å². The van der Waals surface area contributed by atoms with Gasteiger partial charge in [0.1, 0.15) is 5.75 Å². The zero-order valence-corrected chi connectivity index (χ0v) is 12.4. The molecule has 0 aliphatic heterocycles. The third kappa shape index (κ3) is 2.33. The number of hydrogen-bond acceptors (Lipinski definition) is 2. The molecule has 0 aliphatic carbocycles. The van der Waals surface area contributed by atoms with Crippen molar-refractivity contribution in [1.82, 2.24) is 0 Å². The maximum atomic E-state index is 5.52. The highest BCUT2D eigenvalue weighted by molar-refractivity contribution is 14.1. The summed E-state index contributed by atoms with van der Waals surface area (Å²) in [5.74, 6) is 0.841. The smallest absolute Gasteiger partial charge is 0.188 e. The van der Waals surface area contributed by atoms with Crippen molar-refractivity contribution >= 4 is 49.3 Å². The Bertz CT molecular complexity index is 514. The second-order valence-corrected chi connectivity index (χ2v) is 5.20. The maximum Gasteiger partial charge on any atom is 0.188 e. The van der Waals surface area contributed by atoms with Crippen LogP contribution in [0.15, 0.2) is 34.8 Å². The molecule has 0 heterocycles. The second-order valence-electron chi connectivity index (χ2n) is 3.27. The van der Waals surface area contributed by atoms with E-state index in [4.69, 9.17) is 9.47 Å². The van der Waals surface area contributed by atoms with E-state index in [9.17, 15) is 0 Å². The first-order valence-electron chi connectivity index (χ1n) is 4.72. The highest BCUT2D eigenvalue weighted by Crippen LogP contribution is 2.35. The Hall–Kier alpha value is -0.330. The first kappa shape index (κ1) is 12.1. The summed E-state index contributed by atoms with van der Waals surface area (Å²) in [6.07, 6.45) is 0. The Balaban J connectivity index is 2.56. The van der Waals surface area contributed by atoms with E-state index in [1.54, 1.807) is 7.11 Å².